The maximum absolute atomic E-state index is 13.0. The highest BCUT2D eigenvalue weighted by atomic mass is 35.5. The number of halogens is 2. The average molecular weight is 307 g/mol. The molecule has 0 aliphatic rings. The second kappa shape index (κ2) is 5.25. The summed E-state index contributed by atoms with van der Waals surface area (Å²) in [6.45, 7) is 3.91. The molecule has 2 heterocycles. The number of rotatable bonds is 3. The maximum Gasteiger partial charge on any atom is 0.209 e. The Hall–Kier alpha value is -2.28. The minimum absolute atomic E-state index is 0.108. The van der Waals surface area contributed by atoms with Crippen LogP contribution >= 0.6 is 11.6 Å². The van der Waals surface area contributed by atoms with Crippen LogP contribution < -0.4 is 0 Å². The van der Waals surface area contributed by atoms with Crippen molar-refractivity contribution >= 4 is 11.6 Å². The molecule has 6 nitrogen and oxygen atoms in total. The molecule has 3 rings (SSSR count). The average Bonchev–Trinajstić information content (AvgIpc) is 3.06. The van der Waals surface area contributed by atoms with Crippen LogP contribution in [0.15, 0.2) is 30.5 Å². The zero-order valence-corrected chi connectivity index (χ0v) is 12.2. The molecule has 0 bridgehead atoms. The van der Waals surface area contributed by atoms with Crippen LogP contribution in [0.1, 0.15) is 19.9 Å². The molecule has 8 heteroatoms. The van der Waals surface area contributed by atoms with Crippen LogP contribution in [0.2, 0.25) is 5.15 Å². The molecule has 0 spiro atoms. The Morgan fingerprint density at radius 1 is 1.19 bits per heavy atom. The Labute approximate surface area is 125 Å². The number of nitrogens with zero attached hydrogens (tertiary/aromatic N) is 6. The first-order chi connectivity index (χ1) is 10.1. The fourth-order valence-electron chi connectivity index (χ4n) is 1.80. The van der Waals surface area contributed by atoms with Crippen molar-refractivity contribution in [3.63, 3.8) is 0 Å². The molecule has 0 amide bonds. The van der Waals surface area contributed by atoms with E-state index in [1.54, 1.807) is 18.3 Å². The monoisotopic (exact) mass is 306 g/mol. The van der Waals surface area contributed by atoms with Crippen LogP contribution in [0, 0.1) is 5.82 Å². The molecule has 0 N–H and O–H groups in total. The third kappa shape index (κ3) is 2.52. The normalized spacial score (nSPS) is 11.3. The first kappa shape index (κ1) is 13.7. The lowest BCUT2D eigenvalue weighted by atomic mass is 10.3. The Bertz CT molecular complexity index is 761. The van der Waals surface area contributed by atoms with Gasteiger partial charge in [0.1, 0.15) is 11.0 Å². The lowest BCUT2D eigenvalue weighted by Crippen LogP contribution is -2.04. The van der Waals surface area contributed by atoms with Crippen LogP contribution in [0.5, 0.6) is 0 Å². The van der Waals surface area contributed by atoms with Crippen molar-refractivity contribution in [2.24, 2.45) is 0 Å². The highest BCUT2D eigenvalue weighted by Crippen LogP contribution is 2.27. The fraction of sp³-hybridized carbons (Fsp3) is 0.231. The molecule has 0 aliphatic carbocycles. The summed E-state index contributed by atoms with van der Waals surface area (Å²) in [7, 11) is 0. The topological polar surface area (TPSA) is 61.4 Å². The van der Waals surface area contributed by atoms with E-state index < -0.39 is 0 Å². The molecule has 21 heavy (non-hydrogen) atoms. The summed E-state index contributed by atoms with van der Waals surface area (Å²) in [6, 6.07) is 5.99. The van der Waals surface area contributed by atoms with Crippen LogP contribution in [0.4, 0.5) is 4.39 Å². The number of hydrogen-bond acceptors (Lipinski definition) is 4. The van der Waals surface area contributed by atoms with Gasteiger partial charge in [-0.1, -0.05) is 11.6 Å². The van der Waals surface area contributed by atoms with Crippen LogP contribution in [0.3, 0.4) is 0 Å². The third-order valence-electron chi connectivity index (χ3n) is 2.91. The summed E-state index contributed by atoms with van der Waals surface area (Å²) >= 11 is 6.31. The van der Waals surface area contributed by atoms with E-state index in [1.807, 2.05) is 13.8 Å². The van der Waals surface area contributed by atoms with E-state index in [4.69, 9.17) is 11.6 Å². The molecule has 0 aliphatic heterocycles. The lowest BCUT2D eigenvalue weighted by Gasteiger charge is -2.02. The van der Waals surface area contributed by atoms with E-state index in [1.165, 1.54) is 21.6 Å². The highest BCUT2D eigenvalue weighted by Gasteiger charge is 2.17. The smallest absolute Gasteiger partial charge is 0.209 e. The van der Waals surface area contributed by atoms with Gasteiger partial charge in [-0.05, 0) is 43.3 Å². The number of benzene rings is 1. The molecule has 3 aromatic rings. The Balaban J connectivity index is 2.00. The fourth-order valence-corrected chi connectivity index (χ4v) is 2.07. The summed E-state index contributed by atoms with van der Waals surface area (Å²) < 4.78 is 14.5. The minimum Gasteiger partial charge on any atom is -0.221 e. The summed E-state index contributed by atoms with van der Waals surface area (Å²) in [5, 5.41) is 16.7. The molecule has 0 saturated heterocycles. The van der Waals surface area contributed by atoms with Crippen LogP contribution in [-0.2, 0) is 0 Å². The standard InChI is InChI=1S/C13H12ClFN6/c1-8(2)21-18-13(17-19-21)11-7-16-20(12(11)14)10-5-3-9(15)4-6-10/h3-8H,1-2H3. The van der Waals surface area contributed by atoms with Gasteiger partial charge in [-0.2, -0.15) is 9.90 Å². The molecular formula is C13H12ClFN6. The van der Waals surface area contributed by atoms with Crippen molar-refractivity contribution in [2.45, 2.75) is 19.9 Å². The first-order valence-corrected chi connectivity index (χ1v) is 6.73. The molecule has 1 aromatic carbocycles. The van der Waals surface area contributed by atoms with E-state index in [-0.39, 0.29) is 11.9 Å². The maximum atomic E-state index is 13.0. The Morgan fingerprint density at radius 2 is 1.90 bits per heavy atom. The summed E-state index contributed by atoms with van der Waals surface area (Å²) in [6.07, 6.45) is 1.56. The predicted molar refractivity (Wildman–Crippen MR) is 75.7 cm³/mol. The Morgan fingerprint density at radius 3 is 2.52 bits per heavy atom. The molecule has 0 saturated carbocycles. The highest BCUT2D eigenvalue weighted by molar-refractivity contribution is 6.32. The summed E-state index contributed by atoms with van der Waals surface area (Å²) in [4.78, 5) is 1.50. The molecule has 0 atom stereocenters. The lowest BCUT2D eigenvalue weighted by molar-refractivity contribution is 0.455. The molecular weight excluding hydrogens is 295 g/mol. The largest absolute Gasteiger partial charge is 0.221 e. The van der Waals surface area contributed by atoms with Crippen molar-refractivity contribution < 1.29 is 4.39 Å². The van der Waals surface area contributed by atoms with Crippen LogP contribution in [-0.4, -0.2) is 30.0 Å². The second-order valence-corrected chi connectivity index (χ2v) is 5.12. The summed E-state index contributed by atoms with van der Waals surface area (Å²) in [5.74, 6) is 0.0888. The van der Waals surface area contributed by atoms with Crippen molar-refractivity contribution in [3.8, 4) is 17.1 Å². The molecule has 0 radical (unpaired) electrons. The van der Waals surface area contributed by atoms with Gasteiger partial charge in [0.05, 0.1) is 23.5 Å². The van der Waals surface area contributed by atoms with E-state index in [0.717, 1.165) is 0 Å². The Kier molecular flexibility index (Phi) is 3.42. The molecule has 2 aromatic heterocycles. The second-order valence-electron chi connectivity index (χ2n) is 4.76. The van der Waals surface area contributed by atoms with Gasteiger partial charge in [-0.25, -0.2) is 9.07 Å². The van der Waals surface area contributed by atoms with Gasteiger partial charge in [0.2, 0.25) is 5.82 Å². The number of hydrogen-bond donors (Lipinski definition) is 0. The van der Waals surface area contributed by atoms with Gasteiger partial charge < -0.3 is 0 Å². The van der Waals surface area contributed by atoms with E-state index in [2.05, 4.69) is 20.5 Å². The first-order valence-electron chi connectivity index (χ1n) is 6.35. The quantitative estimate of drug-likeness (QED) is 0.746. The zero-order chi connectivity index (χ0) is 15.0. The van der Waals surface area contributed by atoms with E-state index >= 15 is 0 Å². The van der Waals surface area contributed by atoms with Gasteiger partial charge in [0.25, 0.3) is 0 Å². The minimum atomic E-state index is -0.316. The SMILES string of the molecule is CC(C)n1nnc(-c2cnn(-c3ccc(F)cc3)c2Cl)n1. The van der Waals surface area contributed by atoms with Crippen molar-refractivity contribution in [3.05, 3.63) is 41.4 Å². The van der Waals surface area contributed by atoms with Gasteiger partial charge in [0.15, 0.2) is 0 Å². The van der Waals surface area contributed by atoms with Gasteiger partial charge in [-0.15, -0.1) is 10.2 Å². The van der Waals surface area contributed by atoms with Crippen molar-refractivity contribution in [1.82, 2.24) is 30.0 Å². The van der Waals surface area contributed by atoms with Crippen LogP contribution in [0.25, 0.3) is 17.1 Å². The summed E-state index contributed by atoms with van der Waals surface area (Å²) in [5.41, 5.74) is 1.23. The molecule has 0 unspecified atom stereocenters. The molecule has 108 valence electrons. The van der Waals surface area contributed by atoms with Gasteiger partial charge in [0, 0.05) is 0 Å². The number of aromatic nitrogens is 6. The van der Waals surface area contributed by atoms with Crippen molar-refractivity contribution in [1.29, 1.82) is 0 Å². The van der Waals surface area contributed by atoms with Gasteiger partial charge >= 0.3 is 0 Å². The zero-order valence-electron chi connectivity index (χ0n) is 11.4. The molecule has 0 fully saturated rings. The number of tetrazole rings is 1. The third-order valence-corrected chi connectivity index (χ3v) is 3.28. The van der Waals surface area contributed by atoms with Crippen molar-refractivity contribution in [2.75, 3.05) is 0 Å². The van der Waals surface area contributed by atoms with Gasteiger partial charge in [-0.3, -0.25) is 0 Å². The predicted octanol–water partition coefficient (Wildman–Crippen LogP) is 2.90. The van der Waals surface area contributed by atoms with E-state index in [9.17, 15) is 4.39 Å². The van der Waals surface area contributed by atoms with E-state index in [0.29, 0.717) is 22.2 Å².